The van der Waals surface area contributed by atoms with E-state index in [-0.39, 0.29) is 18.0 Å². The van der Waals surface area contributed by atoms with E-state index in [1.807, 2.05) is 39.1 Å². The highest BCUT2D eigenvalue weighted by molar-refractivity contribution is 5.92. The lowest BCUT2D eigenvalue weighted by atomic mass is 10.0. The van der Waals surface area contributed by atoms with Crippen LogP contribution in [0.15, 0.2) is 42.6 Å². The van der Waals surface area contributed by atoms with Crippen LogP contribution in [0.2, 0.25) is 0 Å². The molecule has 2 saturated heterocycles. The molecule has 0 saturated carbocycles. The fraction of sp³-hybridized carbons (Fsp3) is 0.556. The highest BCUT2D eigenvalue weighted by atomic mass is 16.6. The average molecular weight is 483 g/mol. The van der Waals surface area contributed by atoms with Crippen molar-refractivity contribution in [2.45, 2.75) is 58.3 Å². The van der Waals surface area contributed by atoms with E-state index >= 15 is 0 Å². The normalized spacial score (nSPS) is 17.9. The van der Waals surface area contributed by atoms with Gasteiger partial charge in [0.05, 0.1) is 13.2 Å². The van der Waals surface area contributed by atoms with Crippen LogP contribution < -0.4 is 5.32 Å². The molecule has 190 valence electrons. The highest BCUT2D eigenvalue weighted by Crippen LogP contribution is 2.26. The van der Waals surface area contributed by atoms with Gasteiger partial charge in [0, 0.05) is 51.5 Å². The van der Waals surface area contributed by atoms with E-state index in [2.05, 4.69) is 39.0 Å². The Kier molecular flexibility index (Phi) is 8.13. The van der Waals surface area contributed by atoms with Gasteiger partial charge in [0.1, 0.15) is 11.3 Å². The number of benzene rings is 1. The number of amides is 2. The molecule has 2 aliphatic rings. The summed E-state index contributed by atoms with van der Waals surface area (Å²) in [4.78, 5) is 29.5. The van der Waals surface area contributed by atoms with Gasteiger partial charge in [0.15, 0.2) is 0 Å². The highest BCUT2D eigenvalue weighted by Gasteiger charge is 2.28. The summed E-state index contributed by atoms with van der Waals surface area (Å²) in [6, 6.07) is 12.4. The van der Waals surface area contributed by atoms with Gasteiger partial charge in [-0.15, -0.1) is 0 Å². The standard InChI is InChI=1S/C27H38N4O4/c1-27(2,3)35-26(33)30-12-9-23(10-13-30)31-11-5-8-24(31)25(32)28-19-21-6-4-7-22(18-21)20-29-14-16-34-17-15-29/h4-8,11,18,23H,9-10,12-17,19-20H2,1-3H3,(H,28,32). The Morgan fingerprint density at radius 1 is 1.03 bits per heavy atom. The molecule has 3 heterocycles. The van der Waals surface area contributed by atoms with Crippen molar-refractivity contribution in [1.29, 1.82) is 0 Å². The Morgan fingerprint density at radius 3 is 2.46 bits per heavy atom. The van der Waals surface area contributed by atoms with Gasteiger partial charge < -0.3 is 24.3 Å². The summed E-state index contributed by atoms with van der Waals surface area (Å²) in [5.41, 5.74) is 2.50. The molecule has 0 atom stereocenters. The molecule has 0 spiro atoms. The number of rotatable bonds is 6. The minimum atomic E-state index is -0.498. The SMILES string of the molecule is CC(C)(C)OC(=O)N1CCC(n2cccc2C(=O)NCc2cccc(CN3CCOCC3)c2)CC1. The van der Waals surface area contributed by atoms with Crippen LogP contribution in [0.3, 0.4) is 0 Å². The number of nitrogens with zero attached hydrogens (tertiary/aromatic N) is 3. The second-order valence-electron chi connectivity index (χ2n) is 10.4. The number of likely N-dealkylation sites (tertiary alicyclic amines) is 1. The molecule has 35 heavy (non-hydrogen) atoms. The second-order valence-corrected chi connectivity index (χ2v) is 10.4. The van der Waals surface area contributed by atoms with Crippen LogP contribution >= 0.6 is 0 Å². The zero-order valence-corrected chi connectivity index (χ0v) is 21.2. The van der Waals surface area contributed by atoms with Crippen LogP contribution in [-0.4, -0.2) is 71.4 Å². The lowest BCUT2D eigenvalue weighted by molar-refractivity contribution is 0.0187. The molecule has 1 aromatic carbocycles. The number of carbonyl (C=O) groups is 2. The predicted molar refractivity (Wildman–Crippen MR) is 134 cm³/mol. The Morgan fingerprint density at radius 2 is 1.74 bits per heavy atom. The molecular formula is C27H38N4O4. The maximum absolute atomic E-state index is 13.0. The van der Waals surface area contributed by atoms with E-state index in [0.717, 1.165) is 51.3 Å². The fourth-order valence-corrected chi connectivity index (χ4v) is 4.69. The smallest absolute Gasteiger partial charge is 0.410 e. The lowest BCUT2D eigenvalue weighted by Crippen LogP contribution is -2.42. The first-order valence-corrected chi connectivity index (χ1v) is 12.6. The number of nitrogens with one attached hydrogen (secondary N) is 1. The van der Waals surface area contributed by atoms with Gasteiger partial charge in [-0.2, -0.15) is 0 Å². The van der Waals surface area contributed by atoms with E-state index < -0.39 is 5.60 Å². The first kappa shape index (κ1) is 25.3. The van der Waals surface area contributed by atoms with E-state index in [1.165, 1.54) is 5.56 Å². The Bertz CT molecular complexity index is 999. The number of piperidine rings is 1. The number of carbonyl (C=O) groups excluding carboxylic acids is 2. The summed E-state index contributed by atoms with van der Waals surface area (Å²) in [7, 11) is 0. The van der Waals surface area contributed by atoms with Crippen LogP contribution in [0.25, 0.3) is 0 Å². The molecule has 2 amide bonds. The Labute approximate surface area is 208 Å². The van der Waals surface area contributed by atoms with Crippen molar-refractivity contribution in [3.8, 4) is 0 Å². The summed E-state index contributed by atoms with van der Waals surface area (Å²) in [6.07, 6.45) is 3.28. The van der Waals surface area contributed by atoms with Crippen LogP contribution in [0, 0.1) is 0 Å². The molecule has 8 heteroatoms. The van der Waals surface area contributed by atoms with E-state index in [4.69, 9.17) is 9.47 Å². The van der Waals surface area contributed by atoms with Gasteiger partial charge in [-0.3, -0.25) is 9.69 Å². The van der Waals surface area contributed by atoms with Crippen LogP contribution in [0.4, 0.5) is 4.79 Å². The molecule has 2 aliphatic heterocycles. The quantitative estimate of drug-likeness (QED) is 0.677. The minimum absolute atomic E-state index is 0.0804. The van der Waals surface area contributed by atoms with Crippen molar-refractivity contribution in [3.05, 3.63) is 59.4 Å². The topological polar surface area (TPSA) is 76.0 Å². The lowest BCUT2D eigenvalue weighted by Gasteiger charge is -2.34. The molecule has 0 radical (unpaired) electrons. The first-order chi connectivity index (χ1) is 16.8. The number of hydrogen-bond donors (Lipinski definition) is 1. The van der Waals surface area contributed by atoms with Crippen molar-refractivity contribution in [2.24, 2.45) is 0 Å². The third-order valence-electron chi connectivity index (χ3n) is 6.48. The predicted octanol–water partition coefficient (Wildman–Crippen LogP) is 3.82. The summed E-state index contributed by atoms with van der Waals surface area (Å²) >= 11 is 0. The third-order valence-corrected chi connectivity index (χ3v) is 6.48. The first-order valence-electron chi connectivity index (χ1n) is 12.6. The van der Waals surface area contributed by atoms with Crippen LogP contribution in [0.5, 0.6) is 0 Å². The number of aromatic nitrogens is 1. The van der Waals surface area contributed by atoms with Crippen molar-refractivity contribution in [3.63, 3.8) is 0 Å². The minimum Gasteiger partial charge on any atom is -0.444 e. The van der Waals surface area contributed by atoms with E-state index in [9.17, 15) is 9.59 Å². The van der Waals surface area contributed by atoms with Gasteiger partial charge in [-0.25, -0.2) is 4.79 Å². The number of morpholine rings is 1. The second kappa shape index (κ2) is 11.3. The summed E-state index contributed by atoms with van der Waals surface area (Å²) in [5, 5.41) is 3.09. The largest absolute Gasteiger partial charge is 0.444 e. The molecular weight excluding hydrogens is 444 g/mol. The van der Waals surface area contributed by atoms with E-state index in [0.29, 0.717) is 25.3 Å². The fourth-order valence-electron chi connectivity index (χ4n) is 4.69. The summed E-state index contributed by atoms with van der Waals surface area (Å²) in [6.45, 7) is 11.7. The van der Waals surface area contributed by atoms with Gasteiger partial charge in [-0.1, -0.05) is 24.3 Å². The summed E-state index contributed by atoms with van der Waals surface area (Å²) < 4.78 is 13.0. The molecule has 4 rings (SSSR count). The molecule has 8 nitrogen and oxygen atoms in total. The Hall–Kier alpha value is -2.84. The molecule has 1 aromatic heterocycles. The van der Waals surface area contributed by atoms with Crippen LogP contribution in [-0.2, 0) is 22.6 Å². The molecule has 0 unspecified atom stereocenters. The Balaban J connectivity index is 1.30. The number of ether oxygens (including phenoxy) is 2. The molecule has 0 bridgehead atoms. The number of hydrogen-bond acceptors (Lipinski definition) is 5. The van der Waals surface area contributed by atoms with Gasteiger partial charge in [0.2, 0.25) is 0 Å². The van der Waals surface area contributed by atoms with Crippen LogP contribution in [0.1, 0.15) is 61.3 Å². The molecule has 1 N–H and O–H groups in total. The van der Waals surface area contributed by atoms with Gasteiger partial charge >= 0.3 is 6.09 Å². The van der Waals surface area contributed by atoms with Crippen molar-refractivity contribution < 1.29 is 19.1 Å². The van der Waals surface area contributed by atoms with Gasteiger partial charge in [0.25, 0.3) is 5.91 Å². The molecule has 2 aromatic rings. The van der Waals surface area contributed by atoms with E-state index in [1.54, 1.807) is 4.90 Å². The maximum atomic E-state index is 13.0. The van der Waals surface area contributed by atoms with Crippen molar-refractivity contribution in [1.82, 2.24) is 19.7 Å². The molecule has 2 fully saturated rings. The molecule has 0 aliphatic carbocycles. The third kappa shape index (κ3) is 7.08. The van der Waals surface area contributed by atoms with Gasteiger partial charge in [-0.05, 0) is 56.9 Å². The average Bonchev–Trinajstić information content (AvgIpc) is 3.33. The summed E-state index contributed by atoms with van der Waals surface area (Å²) in [5.74, 6) is -0.0804. The zero-order valence-electron chi connectivity index (χ0n) is 21.2. The maximum Gasteiger partial charge on any atom is 0.410 e. The monoisotopic (exact) mass is 482 g/mol. The van der Waals surface area contributed by atoms with Crippen molar-refractivity contribution in [2.75, 3.05) is 39.4 Å². The van der Waals surface area contributed by atoms with Crippen molar-refractivity contribution >= 4 is 12.0 Å². The zero-order chi connectivity index (χ0) is 24.8.